The summed E-state index contributed by atoms with van der Waals surface area (Å²) in [4.78, 5) is 69.0. The fourth-order valence-electron chi connectivity index (χ4n) is 7.67. The molecule has 2 aromatic carbocycles. The van der Waals surface area contributed by atoms with Crippen molar-refractivity contribution in [3.05, 3.63) is 62.0 Å². The van der Waals surface area contributed by atoms with Gasteiger partial charge in [-0.3, -0.25) is 28.9 Å². The Labute approximate surface area is 269 Å². The molecule has 4 amide bonds. The highest BCUT2D eigenvalue weighted by atomic mass is 127. The molecule has 3 fully saturated rings. The van der Waals surface area contributed by atoms with E-state index in [0.717, 1.165) is 21.4 Å². The third-order valence-corrected chi connectivity index (χ3v) is 10.8. The second-order valence-corrected chi connectivity index (χ2v) is 13.4. The quantitative estimate of drug-likeness (QED) is 0.251. The first-order valence-electron chi connectivity index (χ1n) is 14.0. The summed E-state index contributed by atoms with van der Waals surface area (Å²) in [5, 5.41) is 19.5. The minimum atomic E-state index is -1.37. The van der Waals surface area contributed by atoms with E-state index >= 15 is 0 Å². The van der Waals surface area contributed by atoms with Gasteiger partial charge in [-0.2, -0.15) is 0 Å². The van der Waals surface area contributed by atoms with Crippen LogP contribution in [-0.4, -0.2) is 58.4 Å². The monoisotopic (exact) mass is 736 g/mol. The van der Waals surface area contributed by atoms with E-state index in [1.807, 2.05) is 28.7 Å². The Hall–Kier alpha value is -3.52. The summed E-state index contributed by atoms with van der Waals surface area (Å²) in [5.41, 5.74) is 0.0354. The summed E-state index contributed by atoms with van der Waals surface area (Å²) in [6, 6.07) is 6.92. The number of aromatic hydroxyl groups is 1. The number of phenolic OH excluding ortho intramolecular Hbond substituents is 1. The lowest BCUT2D eigenvalue weighted by Crippen LogP contribution is -2.49. The molecule has 6 atom stereocenters. The predicted molar refractivity (Wildman–Crippen MR) is 162 cm³/mol. The molecule has 2 aromatic rings. The standard InChI is InChI=1S/C31H27ClFIN2O8/c1-31-18(28(41)36(30(31)43)14-3-6-20(33)19(32)11-14)12-17-15(25(31)13-9-21(34)26(39)22(10-13)44-2)4-5-16-24(17)29(42)35(27(16)40)8-7-23(37)38/h3-4,6,9-11,16-18,24-25,39H,5,7-8,12H2,1-2H3,(H,37,38). The van der Waals surface area contributed by atoms with Crippen LogP contribution in [0.5, 0.6) is 11.5 Å². The number of rotatable bonds is 6. The molecule has 2 saturated heterocycles. The van der Waals surface area contributed by atoms with Crippen LogP contribution in [0, 0.1) is 38.5 Å². The number of likely N-dealkylation sites (tertiary alicyclic amines) is 1. The van der Waals surface area contributed by atoms with E-state index in [9.17, 15) is 38.6 Å². The second kappa shape index (κ2) is 10.8. The first-order valence-corrected chi connectivity index (χ1v) is 15.4. The number of anilines is 1. The van der Waals surface area contributed by atoms with E-state index in [0.29, 0.717) is 9.13 Å². The Bertz CT molecular complexity index is 1700. The zero-order valence-corrected chi connectivity index (χ0v) is 26.5. The van der Waals surface area contributed by atoms with Gasteiger partial charge >= 0.3 is 5.97 Å². The Morgan fingerprint density at radius 3 is 2.52 bits per heavy atom. The molecule has 0 bridgehead atoms. The summed E-state index contributed by atoms with van der Waals surface area (Å²) in [6.45, 7) is 1.44. The summed E-state index contributed by atoms with van der Waals surface area (Å²) < 4.78 is 19.9. The van der Waals surface area contributed by atoms with Crippen LogP contribution in [-0.2, 0) is 24.0 Å². The molecule has 13 heteroatoms. The van der Waals surface area contributed by atoms with Crippen LogP contribution >= 0.6 is 34.2 Å². The number of phenols is 1. The van der Waals surface area contributed by atoms with Gasteiger partial charge in [0, 0.05) is 12.5 Å². The van der Waals surface area contributed by atoms with E-state index < -0.39 is 70.4 Å². The lowest BCUT2D eigenvalue weighted by molar-refractivity contribution is -0.142. The average Bonchev–Trinajstić information content (AvgIpc) is 3.34. The van der Waals surface area contributed by atoms with Crippen LogP contribution in [0.25, 0.3) is 0 Å². The number of ether oxygens (including phenoxy) is 1. The van der Waals surface area contributed by atoms with Gasteiger partial charge in [0.1, 0.15) is 5.82 Å². The van der Waals surface area contributed by atoms with E-state index in [1.54, 1.807) is 19.1 Å². The van der Waals surface area contributed by atoms with Crippen molar-refractivity contribution in [1.29, 1.82) is 0 Å². The van der Waals surface area contributed by atoms with Crippen molar-refractivity contribution in [3.63, 3.8) is 0 Å². The maximum atomic E-state index is 14.5. The number of fused-ring (bicyclic) bond motifs is 4. The van der Waals surface area contributed by atoms with Gasteiger partial charge < -0.3 is 14.9 Å². The van der Waals surface area contributed by atoms with Gasteiger partial charge in [-0.05, 0) is 84.2 Å². The van der Waals surface area contributed by atoms with Gasteiger partial charge in [0.05, 0.1) is 51.0 Å². The third-order valence-electron chi connectivity index (χ3n) is 9.68. The van der Waals surface area contributed by atoms with Crippen LogP contribution in [0.15, 0.2) is 42.0 Å². The first kappa shape index (κ1) is 30.5. The zero-order chi connectivity index (χ0) is 31.8. The largest absolute Gasteiger partial charge is 0.504 e. The topological polar surface area (TPSA) is 142 Å². The van der Waals surface area contributed by atoms with Crippen LogP contribution in [0.4, 0.5) is 10.1 Å². The van der Waals surface area contributed by atoms with Crippen LogP contribution < -0.4 is 9.64 Å². The van der Waals surface area contributed by atoms with Crippen LogP contribution in [0.2, 0.25) is 5.02 Å². The maximum absolute atomic E-state index is 14.5. The number of carboxylic acid groups (broad SMARTS) is 1. The molecule has 0 spiro atoms. The molecule has 2 aliphatic carbocycles. The number of carbonyl (C=O) groups excluding carboxylic acids is 4. The number of allylic oxidation sites excluding steroid dienone is 2. The van der Waals surface area contributed by atoms with E-state index in [2.05, 4.69) is 0 Å². The van der Waals surface area contributed by atoms with Crippen molar-refractivity contribution in [2.45, 2.75) is 32.1 Å². The molecular formula is C31H27ClFIN2O8. The number of carboxylic acids is 1. The van der Waals surface area contributed by atoms with Gasteiger partial charge in [-0.25, -0.2) is 9.29 Å². The highest BCUT2D eigenvalue weighted by molar-refractivity contribution is 14.1. The molecule has 0 radical (unpaired) electrons. The van der Waals surface area contributed by atoms with Gasteiger partial charge in [-0.15, -0.1) is 0 Å². The lowest BCUT2D eigenvalue weighted by Gasteiger charge is -2.49. The molecular weight excluding hydrogens is 710 g/mol. The fourth-order valence-corrected chi connectivity index (χ4v) is 8.47. The summed E-state index contributed by atoms with van der Waals surface area (Å²) in [5.74, 6) is -7.62. The molecule has 6 rings (SSSR count). The summed E-state index contributed by atoms with van der Waals surface area (Å²) in [6.07, 6.45) is 1.77. The first-order chi connectivity index (χ1) is 20.8. The number of amides is 4. The van der Waals surface area contributed by atoms with Gasteiger partial charge in [0.2, 0.25) is 23.6 Å². The normalized spacial score (nSPS) is 29.4. The second-order valence-electron chi connectivity index (χ2n) is 11.8. The van der Waals surface area contributed by atoms with Gasteiger partial charge in [-0.1, -0.05) is 23.3 Å². The Morgan fingerprint density at radius 1 is 1.14 bits per heavy atom. The predicted octanol–water partition coefficient (Wildman–Crippen LogP) is 4.50. The molecule has 10 nitrogen and oxygen atoms in total. The van der Waals surface area contributed by atoms with Crippen molar-refractivity contribution in [2.24, 2.45) is 29.1 Å². The van der Waals surface area contributed by atoms with Crippen molar-refractivity contribution in [1.82, 2.24) is 4.90 Å². The van der Waals surface area contributed by atoms with Crippen molar-refractivity contribution in [2.75, 3.05) is 18.6 Å². The molecule has 2 heterocycles. The minimum Gasteiger partial charge on any atom is -0.504 e. The smallest absolute Gasteiger partial charge is 0.305 e. The van der Waals surface area contributed by atoms with Crippen molar-refractivity contribution < 1.29 is 43.3 Å². The number of halogens is 3. The molecule has 4 aliphatic rings. The van der Waals surface area contributed by atoms with Crippen molar-refractivity contribution in [3.8, 4) is 11.5 Å². The zero-order valence-electron chi connectivity index (χ0n) is 23.6. The van der Waals surface area contributed by atoms with Gasteiger partial charge in [0.15, 0.2) is 11.5 Å². The molecule has 1 saturated carbocycles. The molecule has 2 aliphatic heterocycles. The molecule has 44 heavy (non-hydrogen) atoms. The minimum absolute atomic E-state index is 0.0914. The van der Waals surface area contributed by atoms with Crippen LogP contribution in [0.1, 0.15) is 37.7 Å². The highest BCUT2D eigenvalue weighted by Crippen LogP contribution is 2.64. The third kappa shape index (κ3) is 4.35. The number of nitrogens with zero attached hydrogens (tertiary/aromatic N) is 2. The molecule has 230 valence electrons. The number of methoxy groups -OCH3 is 1. The number of hydrogen-bond donors (Lipinski definition) is 2. The fraction of sp³-hybridized carbons (Fsp3) is 0.387. The molecule has 2 N–H and O–H groups in total. The number of benzene rings is 2. The Balaban J connectivity index is 1.51. The number of hydrogen-bond acceptors (Lipinski definition) is 7. The highest BCUT2D eigenvalue weighted by Gasteiger charge is 2.67. The molecule has 6 unspecified atom stereocenters. The van der Waals surface area contributed by atoms with Gasteiger partial charge in [0.25, 0.3) is 0 Å². The van der Waals surface area contributed by atoms with Crippen molar-refractivity contribution >= 4 is 69.5 Å². The number of aliphatic carboxylic acids is 1. The number of carbonyl (C=O) groups is 5. The Morgan fingerprint density at radius 2 is 1.86 bits per heavy atom. The molecule has 0 aromatic heterocycles. The SMILES string of the molecule is COc1cc(C2C3=CCC4C(=O)N(CCC(=O)O)C(=O)C4C3CC3C(=O)N(c4ccc(F)c(Cl)c4)C(=O)C32C)cc(I)c1O. The Kier molecular flexibility index (Phi) is 7.51. The average molecular weight is 737 g/mol. The van der Waals surface area contributed by atoms with E-state index in [-0.39, 0.29) is 48.0 Å². The maximum Gasteiger partial charge on any atom is 0.305 e. The van der Waals surface area contributed by atoms with Crippen LogP contribution in [0.3, 0.4) is 0 Å². The lowest BCUT2D eigenvalue weighted by atomic mass is 9.51. The number of imide groups is 2. The van der Waals surface area contributed by atoms with E-state index in [1.165, 1.54) is 19.2 Å². The summed E-state index contributed by atoms with van der Waals surface area (Å²) in [7, 11) is 1.40. The van der Waals surface area contributed by atoms with E-state index in [4.69, 9.17) is 16.3 Å². The summed E-state index contributed by atoms with van der Waals surface area (Å²) >= 11 is 7.98.